The van der Waals surface area contributed by atoms with Gasteiger partial charge >= 0.3 is 6.18 Å². The Morgan fingerprint density at radius 1 is 1.14 bits per heavy atom. The van der Waals surface area contributed by atoms with Crippen molar-refractivity contribution in [3.8, 4) is 0 Å². The van der Waals surface area contributed by atoms with Crippen LogP contribution in [-0.2, 0) is 6.18 Å². The van der Waals surface area contributed by atoms with Crippen LogP contribution in [0.25, 0.3) is 0 Å². The Labute approximate surface area is 168 Å². The Hall–Kier alpha value is -1.57. The molecule has 5 aliphatic carbocycles. The van der Waals surface area contributed by atoms with E-state index in [2.05, 4.69) is 10.4 Å². The summed E-state index contributed by atoms with van der Waals surface area (Å²) in [6, 6.07) is -0.448. The maximum atomic E-state index is 13.9. The molecule has 0 aliphatic heterocycles. The predicted octanol–water partition coefficient (Wildman–Crippen LogP) is 4.08. The van der Waals surface area contributed by atoms with Gasteiger partial charge in [-0.1, -0.05) is 19.3 Å². The van der Waals surface area contributed by atoms with Crippen molar-refractivity contribution in [1.29, 1.82) is 0 Å². The molecule has 5 saturated carbocycles. The Morgan fingerprint density at radius 2 is 1.79 bits per heavy atom. The molecule has 0 spiro atoms. The van der Waals surface area contributed by atoms with Crippen molar-refractivity contribution in [3.63, 3.8) is 0 Å². The first-order valence-electron chi connectivity index (χ1n) is 10.9. The van der Waals surface area contributed by atoms with E-state index >= 15 is 0 Å². The van der Waals surface area contributed by atoms with Gasteiger partial charge in [0.2, 0.25) is 0 Å². The van der Waals surface area contributed by atoms with Gasteiger partial charge in [-0.05, 0) is 62.7 Å². The molecule has 8 heteroatoms. The largest absolute Gasteiger partial charge is 0.433 e. The second-order valence-corrected chi connectivity index (χ2v) is 9.83. The van der Waals surface area contributed by atoms with Crippen LogP contribution in [0, 0.1) is 17.8 Å². The number of halogens is 3. The lowest BCUT2D eigenvalue weighted by molar-refractivity contribution is -0.145. The fourth-order valence-corrected chi connectivity index (χ4v) is 6.86. The fourth-order valence-electron chi connectivity index (χ4n) is 6.86. The molecule has 2 N–H and O–H groups in total. The van der Waals surface area contributed by atoms with Crippen molar-refractivity contribution >= 4 is 5.91 Å². The Balaban J connectivity index is 1.39. The lowest BCUT2D eigenvalue weighted by Gasteiger charge is -2.58. The van der Waals surface area contributed by atoms with Gasteiger partial charge in [0.05, 0.1) is 23.4 Å². The summed E-state index contributed by atoms with van der Waals surface area (Å²) in [5, 5.41) is 17.6. The minimum absolute atomic E-state index is 0.151. The molecular weight excluding hydrogens is 383 g/mol. The number of hydrogen-bond donors (Lipinski definition) is 2. The molecule has 5 nitrogen and oxygen atoms in total. The minimum atomic E-state index is -4.63. The molecule has 5 fully saturated rings. The van der Waals surface area contributed by atoms with Crippen molar-refractivity contribution in [2.24, 2.45) is 17.8 Å². The van der Waals surface area contributed by atoms with Crippen molar-refractivity contribution in [2.45, 2.75) is 88.1 Å². The Morgan fingerprint density at radius 3 is 2.38 bits per heavy atom. The van der Waals surface area contributed by atoms with Gasteiger partial charge in [-0.2, -0.15) is 18.3 Å². The van der Waals surface area contributed by atoms with Crippen LogP contribution in [0.15, 0.2) is 6.20 Å². The molecule has 1 aromatic rings. The number of aromatic nitrogens is 2. The summed E-state index contributed by atoms with van der Waals surface area (Å²) in [6.45, 7) is 0. The quantitative estimate of drug-likeness (QED) is 0.788. The smallest absolute Gasteiger partial charge is 0.390 e. The van der Waals surface area contributed by atoms with Crippen LogP contribution in [0.2, 0.25) is 0 Å². The van der Waals surface area contributed by atoms with Gasteiger partial charge in [0, 0.05) is 6.04 Å². The minimum Gasteiger partial charge on any atom is -0.390 e. The number of rotatable bonds is 3. The highest BCUT2D eigenvalue weighted by Gasteiger charge is 2.55. The monoisotopic (exact) mass is 411 g/mol. The van der Waals surface area contributed by atoms with E-state index in [0.717, 1.165) is 49.4 Å². The van der Waals surface area contributed by atoms with Gasteiger partial charge in [0.1, 0.15) is 0 Å². The molecule has 1 amide bonds. The number of carbonyl (C=O) groups excluding carboxylic acids is 1. The summed E-state index contributed by atoms with van der Waals surface area (Å²) >= 11 is 0. The molecule has 0 saturated heterocycles. The van der Waals surface area contributed by atoms with Crippen LogP contribution in [-0.4, -0.2) is 32.4 Å². The molecule has 1 heterocycles. The molecule has 0 radical (unpaired) electrons. The zero-order valence-electron chi connectivity index (χ0n) is 16.4. The lowest BCUT2D eigenvalue weighted by atomic mass is 9.52. The molecule has 29 heavy (non-hydrogen) atoms. The van der Waals surface area contributed by atoms with Crippen LogP contribution in [0.3, 0.4) is 0 Å². The second kappa shape index (κ2) is 6.72. The number of aliphatic hydroxyl groups is 1. The third-order valence-corrected chi connectivity index (χ3v) is 7.77. The van der Waals surface area contributed by atoms with Gasteiger partial charge in [-0.15, -0.1) is 0 Å². The summed E-state index contributed by atoms with van der Waals surface area (Å²) in [6.07, 6.45) is 4.59. The zero-order valence-corrected chi connectivity index (χ0v) is 16.4. The first-order valence-corrected chi connectivity index (χ1v) is 10.9. The molecule has 6 rings (SSSR count). The van der Waals surface area contributed by atoms with Crippen molar-refractivity contribution in [1.82, 2.24) is 15.1 Å². The summed E-state index contributed by atoms with van der Waals surface area (Å²) in [4.78, 5) is 13.0. The molecule has 0 aromatic carbocycles. The van der Waals surface area contributed by atoms with Crippen molar-refractivity contribution in [3.05, 3.63) is 17.5 Å². The van der Waals surface area contributed by atoms with Crippen molar-refractivity contribution in [2.75, 3.05) is 0 Å². The molecule has 5 aliphatic rings. The topological polar surface area (TPSA) is 67.2 Å². The highest BCUT2D eigenvalue weighted by atomic mass is 19.4. The van der Waals surface area contributed by atoms with Crippen LogP contribution in [0.1, 0.15) is 86.3 Å². The maximum Gasteiger partial charge on any atom is 0.433 e. The van der Waals surface area contributed by atoms with E-state index in [4.69, 9.17) is 0 Å². The van der Waals surface area contributed by atoms with E-state index in [1.807, 2.05) is 0 Å². The number of nitrogens with one attached hydrogen (secondary N) is 1. The summed E-state index contributed by atoms with van der Waals surface area (Å²) in [7, 11) is 0. The van der Waals surface area contributed by atoms with E-state index in [9.17, 15) is 23.1 Å². The Bertz CT molecular complexity index is 784. The van der Waals surface area contributed by atoms with E-state index in [1.165, 1.54) is 0 Å². The predicted molar refractivity (Wildman–Crippen MR) is 99.1 cm³/mol. The normalized spacial score (nSPS) is 37.1. The molecule has 2 atom stereocenters. The second-order valence-electron chi connectivity index (χ2n) is 9.83. The maximum absolute atomic E-state index is 13.9. The SMILES string of the molecule is O=C(NC1[C@H]2CC3C[C@H]1CC(O)(C3)C2)c1cnn(C2CCCCC2)c1C(F)(F)F. The number of alkyl halides is 3. The number of carbonyl (C=O) groups is 1. The summed E-state index contributed by atoms with van der Waals surface area (Å²) in [5.41, 5.74) is -1.92. The number of hydrogen-bond acceptors (Lipinski definition) is 3. The number of nitrogens with zero attached hydrogens (tertiary/aromatic N) is 2. The van der Waals surface area contributed by atoms with Crippen LogP contribution in [0.5, 0.6) is 0 Å². The summed E-state index contributed by atoms with van der Waals surface area (Å²) in [5.74, 6) is 0.102. The fraction of sp³-hybridized carbons (Fsp3) is 0.810. The van der Waals surface area contributed by atoms with Crippen molar-refractivity contribution < 1.29 is 23.1 Å². The average molecular weight is 411 g/mol. The zero-order chi connectivity index (χ0) is 20.4. The van der Waals surface area contributed by atoms with E-state index in [0.29, 0.717) is 31.6 Å². The van der Waals surface area contributed by atoms with Gasteiger partial charge in [0.15, 0.2) is 5.69 Å². The number of amides is 1. The molecule has 160 valence electrons. The standard InChI is InChI=1S/C21H28F3N3O2/c22-21(23,24)18-16(11-25-27(18)15-4-2-1-3-5-15)19(28)26-17-13-6-12-7-14(17)10-20(29,8-12)9-13/h11-15,17,29H,1-10H2,(H,26,28)/t12?,13-,14-,17?,20?/m0/s1. The van der Waals surface area contributed by atoms with Gasteiger partial charge in [-0.3, -0.25) is 9.48 Å². The molecule has 0 unspecified atom stereocenters. The third-order valence-electron chi connectivity index (χ3n) is 7.77. The average Bonchev–Trinajstić information content (AvgIpc) is 3.10. The van der Waals surface area contributed by atoms with Gasteiger partial charge < -0.3 is 10.4 Å². The lowest BCUT2D eigenvalue weighted by Crippen LogP contribution is -2.61. The summed E-state index contributed by atoms with van der Waals surface area (Å²) < 4.78 is 42.8. The van der Waals surface area contributed by atoms with Gasteiger partial charge in [0.25, 0.3) is 5.91 Å². The van der Waals surface area contributed by atoms with E-state index in [-0.39, 0.29) is 29.5 Å². The van der Waals surface area contributed by atoms with E-state index < -0.39 is 23.4 Å². The Kier molecular flexibility index (Phi) is 4.50. The third kappa shape index (κ3) is 3.37. The van der Waals surface area contributed by atoms with Crippen LogP contribution >= 0.6 is 0 Å². The van der Waals surface area contributed by atoms with E-state index in [1.54, 1.807) is 0 Å². The molecule has 1 aromatic heterocycles. The highest BCUT2D eigenvalue weighted by molar-refractivity contribution is 5.95. The molecular formula is C21H28F3N3O2. The first kappa shape index (κ1) is 19.4. The molecule has 4 bridgehead atoms. The van der Waals surface area contributed by atoms with Crippen LogP contribution in [0.4, 0.5) is 13.2 Å². The van der Waals surface area contributed by atoms with Gasteiger partial charge in [-0.25, -0.2) is 0 Å². The highest BCUT2D eigenvalue weighted by Crippen LogP contribution is 2.55. The first-order chi connectivity index (χ1) is 13.7. The van der Waals surface area contributed by atoms with Crippen LogP contribution < -0.4 is 5.32 Å².